The van der Waals surface area contributed by atoms with Crippen LogP contribution in [0.2, 0.25) is 0 Å². The topological polar surface area (TPSA) is 64.7 Å². The highest BCUT2D eigenvalue weighted by molar-refractivity contribution is 5.79. The van der Waals surface area contributed by atoms with Crippen molar-refractivity contribution in [1.82, 2.24) is 15.5 Å². The molecule has 2 aliphatic rings. The molecule has 2 fully saturated rings. The highest BCUT2D eigenvalue weighted by atomic mass is 16.2. The van der Waals surface area contributed by atoms with Gasteiger partial charge in [0.15, 0.2) is 0 Å². The van der Waals surface area contributed by atoms with Crippen LogP contribution >= 0.6 is 0 Å². The molecule has 2 aliphatic heterocycles. The quantitative estimate of drug-likeness (QED) is 0.686. The van der Waals surface area contributed by atoms with Gasteiger partial charge in [0.05, 0.1) is 6.54 Å². The molecule has 2 unspecified atom stereocenters. The van der Waals surface area contributed by atoms with Crippen molar-refractivity contribution in [3.63, 3.8) is 0 Å². The fourth-order valence-corrected chi connectivity index (χ4v) is 4.25. The molecule has 0 aliphatic carbocycles. The number of benzene rings is 1. The van der Waals surface area contributed by atoms with Crippen LogP contribution in [-0.2, 0) is 9.59 Å². The Morgan fingerprint density at radius 2 is 1.73 bits per heavy atom. The molecule has 0 aromatic heterocycles. The summed E-state index contributed by atoms with van der Waals surface area (Å²) < 4.78 is 0. The largest absolute Gasteiger partial charge is 0.371 e. The molecule has 30 heavy (non-hydrogen) atoms. The van der Waals surface area contributed by atoms with Crippen molar-refractivity contribution in [2.45, 2.75) is 46.1 Å². The molecule has 2 atom stereocenters. The van der Waals surface area contributed by atoms with Gasteiger partial charge in [-0.2, -0.15) is 0 Å². The number of nitrogens with one attached hydrogen (secondary N) is 2. The first kappa shape index (κ1) is 22.6. The predicted octanol–water partition coefficient (Wildman–Crippen LogP) is 2.50. The average molecular weight is 415 g/mol. The Bertz CT molecular complexity index is 686. The van der Waals surface area contributed by atoms with Crippen LogP contribution in [0.25, 0.3) is 0 Å². The van der Waals surface area contributed by atoms with Crippen LogP contribution < -0.4 is 15.5 Å². The number of hydrogen-bond acceptors (Lipinski definition) is 4. The number of anilines is 1. The van der Waals surface area contributed by atoms with Gasteiger partial charge in [0, 0.05) is 37.3 Å². The number of amides is 2. The van der Waals surface area contributed by atoms with Gasteiger partial charge >= 0.3 is 0 Å². The summed E-state index contributed by atoms with van der Waals surface area (Å²) in [6.07, 6.45) is 2.78. The van der Waals surface area contributed by atoms with E-state index in [1.807, 2.05) is 6.07 Å². The summed E-state index contributed by atoms with van der Waals surface area (Å²) in [6, 6.07) is 10.7. The third kappa shape index (κ3) is 6.46. The highest BCUT2D eigenvalue weighted by Gasteiger charge is 2.27. The summed E-state index contributed by atoms with van der Waals surface area (Å²) in [6.45, 7) is 11.2. The van der Waals surface area contributed by atoms with Gasteiger partial charge in [-0.3, -0.25) is 14.5 Å². The van der Waals surface area contributed by atoms with Crippen molar-refractivity contribution in [3.8, 4) is 0 Å². The standard InChI is InChI=1S/C24H38N4O2/c1-18(2)19(3)26-24(30)21-10-12-27(13-11-21)17-23(29)25-15-20-9-14-28(16-20)22-7-5-4-6-8-22/h4-8,18-21H,9-17H2,1-3H3,(H,25,29)(H,26,30). The van der Waals surface area contributed by atoms with Crippen LogP contribution in [0.1, 0.15) is 40.0 Å². The first-order valence-corrected chi connectivity index (χ1v) is 11.5. The summed E-state index contributed by atoms with van der Waals surface area (Å²) in [5.41, 5.74) is 1.26. The minimum absolute atomic E-state index is 0.0768. The lowest BCUT2D eigenvalue weighted by molar-refractivity contribution is -0.127. The molecule has 2 N–H and O–H groups in total. The van der Waals surface area contributed by atoms with Gasteiger partial charge in [0.25, 0.3) is 0 Å². The van der Waals surface area contributed by atoms with Gasteiger partial charge in [-0.15, -0.1) is 0 Å². The molecule has 0 spiro atoms. The third-order valence-corrected chi connectivity index (χ3v) is 6.69. The maximum Gasteiger partial charge on any atom is 0.234 e. The van der Waals surface area contributed by atoms with Crippen molar-refractivity contribution in [3.05, 3.63) is 30.3 Å². The second-order valence-electron chi connectivity index (χ2n) is 9.33. The molecule has 1 aromatic rings. The minimum atomic E-state index is 0.0768. The Labute approximate surface area is 181 Å². The fraction of sp³-hybridized carbons (Fsp3) is 0.667. The lowest BCUT2D eigenvalue weighted by atomic mass is 9.95. The Hall–Kier alpha value is -2.08. The molecule has 2 saturated heterocycles. The number of rotatable bonds is 8. The van der Waals surface area contributed by atoms with E-state index in [0.29, 0.717) is 18.4 Å². The number of nitrogens with zero attached hydrogens (tertiary/aromatic N) is 2. The average Bonchev–Trinajstić information content (AvgIpc) is 3.22. The van der Waals surface area contributed by atoms with Crippen molar-refractivity contribution < 1.29 is 9.59 Å². The van der Waals surface area contributed by atoms with E-state index in [4.69, 9.17) is 0 Å². The normalized spacial score (nSPS) is 21.6. The highest BCUT2D eigenvalue weighted by Crippen LogP contribution is 2.23. The van der Waals surface area contributed by atoms with Gasteiger partial charge < -0.3 is 15.5 Å². The second kappa shape index (κ2) is 10.8. The first-order valence-electron chi connectivity index (χ1n) is 11.5. The zero-order valence-electron chi connectivity index (χ0n) is 18.8. The molecular formula is C24H38N4O2. The maximum atomic E-state index is 12.4. The summed E-state index contributed by atoms with van der Waals surface area (Å²) in [7, 11) is 0. The van der Waals surface area contributed by atoms with E-state index in [1.165, 1.54) is 5.69 Å². The number of para-hydroxylation sites is 1. The summed E-state index contributed by atoms with van der Waals surface area (Å²) >= 11 is 0. The van der Waals surface area contributed by atoms with Gasteiger partial charge in [0.2, 0.25) is 11.8 Å². The maximum absolute atomic E-state index is 12.4. The van der Waals surface area contributed by atoms with Gasteiger partial charge in [-0.1, -0.05) is 32.0 Å². The molecule has 166 valence electrons. The van der Waals surface area contributed by atoms with E-state index in [2.05, 4.69) is 65.5 Å². The predicted molar refractivity (Wildman–Crippen MR) is 121 cm³/mol. The number of carbonyl (C=O) groups excluding carboxylic acids is 2. The van der Waals surface area contributed by atoms with E-state index in [9.17, 15) is 9.59 Å². The summed E-state index contributed by atoms with van der Waals surface area (Å²) in [4.78, 5) is 29.4. The van der Waals surface area contributed by atoms with Crippen molar-refractivity contribution in [2.24, 2.45) is 17.8 Å². The Balaban J connectivity index is 1.32. The monoisotopic (exact) mass is 414 g/mol. The van der Waals surface area contributed by atoms with Gasteiger partial charge in [-0.05, 0) is 63.2 Å². The molecule has 2 amide bonds. The third-order valence-electron chi connectivity index (χ3n) is 6.69. The zero-order chi connectivity index (χ0) is 21.5. The molecule has 6 heteroatoms. The van der Waals surface area contributed by atoms with Crippen LogP contribution in [0.15, 0.2) is 30.3 Å². The van der Waals surface area contributed by atoms with Gasteiger partial charge in [-0.25, -0.2) is 0 Å². The van der Waals surface area contributed by atoms with Crippen molar-refractivity contribution >= 4 is 17.5 Å². The molecule has 0 saturated carbocycles. The number of likely N-dealkylation sites (tertiary alicyclic amines) is 1. The Morgan fingerprint density at radius 1 is 1.03 bits per heavy atom. The molecule has 6 nitrogen and oxygen atoms in total. The Morgan fingerprint density at radius 3 is 2.40 bits per heavy atom. The molecule has 2 heterocycles. The van der Waals surface area contributed by atoms with Crippen LogP contribution in [-0.4, -0.2) is 62.0 Å². The molecule has 0 bridgehead atoms. The van der Waals surface area contributed by atoms with E-state index >= 15 is 0 Å². The first-order chi connectivity index (χ1) is 14.4. The van der Waals surface area contributed by atoms with Crippen molar-refractivity contribution in [2.75, 3.05) is 44.2 Å². The van der Waals surface area contributed by atoms with Crippen molar-refractivity contribution in [1.29, 1.82) is 0 Å². The van der Waals surface area contributed by atoms with Gasteiger partial charge in [0.1, 0.15) is 0 Å². The lowest BCUT2D eigenvalue weighted by Crippen LogP contribution is -2.46. The SMILES string of the molecule is CC(C)C(C)NC(=O)C1CCN(CC(=O)NCC2CCN(c3ccccc3)C2)CC1. The Kier molecular flexibility index (Phi) is 8.14. The second-order valence-corrected chi connectivity index (χ2v) is 9.33. The molecule has 1 aromatic carbocycles. The summed E-state index contributed by atoms with van der Waals surface area (Å²) in [5, 5.41) is 6.26. The fourth-order valence-electron chi connectivity index (χ4n) is 4.25. The molecular weight excluding hydrogens is 376 g/mol. The van der Waals surface area contributed by atoms with E-state index < -0.39 is 0 Å². The molecule has 3 rings (SSSR count). The lowest BCUT2D eigenvalue weighted by Gasteiger charge is -2.31. The number of carbonyl (C=O) groups is 2. The smallest absolute Gasteiger partial charge is 0.234 e. The minimum Gasteiger partial charge on any atom is -0.371 e. The van der Waals surface area contributed by atoms with Crippen LogP contribution in [0.3, 0.4) is 0 Å². The zero-order valence-corrected chi connectivity index (χ0v) is 18.8. The van der Waals surface area contributed by atoms with E-state index in [0.717, 1.165) is 52.0 Å². The van der Waals surface area contributed by atoms with E-state index in [-0.39, 0.29) is 23.8 Å². The molecule has 0 radical (unpaired) electrons. The van der Waals surface area contributed by atoms with Crippen LogP contribution in [0.5, 0.6) is 0 Å². The number of hydrogen-bond donors (Lipinski definition) is 2. The summed E-state index contributed by atoms with van der Waals surface area (Å²) in [5.74, 6) is 1.30. The van der Waals surface area contributed by atoms with Crippen LogP contribution in [0.4, 0.5) is 5.69 Å². The van der Waals surface area contributed by atoms with E-state index in [1.54, 1.807) is 0 Å². The number of piperidine rings is 1. The van der Waals surface area contributed by atoms with Crippen LogP contribution in [0, 0.1) is 17.8 Å².